The predicted octanol–water partition coefficient (Wildman–Crippen LogP) is 2.07. The van der Waals surface area contributed by atoms with Gasteiger partial charge in [0.15, 0.2) is 5.65 Å². The first kappa shape index (κ1) is 17.4. The van der Waals surface area contributed by atoms with E-state index >= 15 is 0 Å². The summed E-state index contributed by atoms with van der Waals surface area (Å²) in [7, 11) is 0. The lowest BCUT2D eigenvalue weighted by Crippen LogP contribution is -2.28. The molecule has 1 aliphatic carbocycles. The lowest BCUT2D eigenvalue weighted by molar-refractivity contribution is -0.130. The predicted molar refractivity (Wildman–Crippen MR) is 99.5 cm³/mol. The molecule has 26 heavy (non-hydrogen) atoms. The number of nitrogens with zero attached hydrogens (tertiary/aromatic N) is 5. The third-order valence-corrected chi connectivity index (χ3v) is 5.90. The van der Waals surface area contributed by atoms with Crippen molar-refractivity contribution in [3.05, 3.63) is 18.1 Å². The van der Waals surface area contributed by atoms with Gasteiger partial charge >= 0.3 is 0 Å². The molecule has 1 amide bonds. The van der Waals surface area contributed by atoms with E-state index in [1.54, 1.807) is 12.4 Å². The Morgan fingerprint density at radius 2 is 2.00 bits per heavy atom. The summed E-state index contributed by atoms with van der Waals surface area (Å²) in [5.74, 6) is 1.31. The molecule has 0 unspecified atom stereocenters. The Morgan fingerprint density at radius 1 is 1.19 bits per heavy atom. The van der Waals surface area contributed by atoms with Crippen LogP contribution in [0.5, 0.6) is 0 Å². The van der Waals surface area contributed by atoms with Gasteiger partial charge < -0.3 is 10.6 Å². The molecule has 7 heteroatoms. The molecule has 4 rings (SSSR count). The SMILES string of the molecule is NCCn1nc([C@H]2CCN(C(=O)CCC3CCCC3)C2)c2nccnc21. The quantitative estimate of drug-likeness (QED) is 0.856. The highest BCUT2D eigenvalue weighted by atomic mass is 16.2. The van der Waals surface area contributed by atoms with Gasteiger partial charge in [0.1, 0.15) is 5.52 Å². The smallest absolute Gasteiger partial charge is 0.222 e. The molecule has 2 aromatic rings. The molecule has 1 aliphatic heterocycles. The Bertz CT molecular complexity index is 766. The van der Waals surface area contributed by atoms with Crippen molar-refractivity contribution in [2.75, 3.05) is 19.6 Å². The molecule has 0 aromatic carbocycles. The van der Waals surface area contributed by atoms with E-state index < -0.39 is 0 Å². The van der Waals surface area contributed by atoms with Crippen LogP contribution in [-0.4, -0.2) is 50.2 Å². The first-order valence-electron chi connectivity index (χ1n) is 9.91. The van der Waals surface area contributed by atoms with E-state index in [0.29, 0.717) is 25.4 Å². The van der Waals surface area contributed by atoms with Crippen LogP contribution in [0.25, 0.3) is 11.2 Å². The molecule has 2 aliphatic rings. The molecule has 1 saturated carbocycles. The molecule has 3 heterocycles. The number of amides is 1. The molecule has 2 fully saturated rings. The minimum absolute atomic E-state index is 0.239. The van der Waals surface area contributed by atoms with Gasteiger partial charge in [-0.3, -0.25) is 4.79 Å². The second-order valence-electron chi connectivity index (χ2n) is 7.64. The number of rotatable bonds is 6. The van der Waals surface area contributed by atoms with Crippen molar-refractivity contribution in [3.8, 4) is 0 Å². The van der Waals surface area contributed by atoms with Gasteiger partial charge in [0.25, 0.3) is 0 Å². The number of aromatic nitrogens is 4. The first-order chi connectivity index (χ1) is 12.8. The molecular formula is C19H28N6O. The fraction of sp³-hybridized carbons (Fsp3) is 0.684. The second-order valence-corrected chi connectivity index (χ2v) is 7.64. The summed E-state index contributed by atoms with van der Waals surface area (Å²) in [6.07, 6.45) is 11.4. The summed E-state index contributed by atoms with van der Waals surface area (Å²) in [4.78, 5) is 23.5. The van der Waals surface area contributed by atoms with Gasteiger partial charge in [-0.2, -0.15) is 5.10 Å². The van der Waals surface area contributed by atoms with Crippen molar-refractivity contribution in [2.24, 2.45) is 11.7 Å². The minimum atomic E-state index is 0.239. The van der Waals surface area contributed by atoms with Gasteiger partial charge in [-0.25, -0.2) is 14.6 Å². The van der Waals surface area contributed by atoms with Gasteiger partial charge in [0.2, 0.25) is 5.91 Å². The van der Waals surface area contributed by atoms with Crippen molar-refractivity contribution in [3.63, 3.8) is 0 Å². The maximum absolute atomic E-state index is 12.6. The van der Waals surface area contributed by atoms with Crippen molar-refractivity contribution in [1.82, 2.24) is 24.6 Å². The van der Waals surface area contributed by atoms with Crippen LogP contribution in [0.3, 0.4) is 0 Å². The van der Waals surface area contributed by atoms with Gasteiger partial charge in [-0.15, -0.1) is 0 Å². The largest absolute Gasteiger partial charge is 0.342 e. The lowest BCUT2D eigenvalue weighted by atomic mass is 10.0. The highest BCUT2D eigenvalue weighted by Gasteiger charge is 2.31. The van der Waals surface area contributed by atoms with Crippen LogP contribution in [0.4, 0.5) is 0 Å². The van der Waals surface area contributed by atoms with Crippen LogP contribution in [0.1, 0.15) is 56.6 Å². The second kappa shape index (κ2) is 7.70. The maximum atomic E-state index is 12.6. The van der Waals surface area contributed by atoms with Crippen LogP contribution in [-0.2, 0) is 11.3 Å². The molecule has 1 atom stereocenters. The molecule has 0 radical (unpaired) electrons. The van der Waals surface area contributed by atoms with Crippen LogP contribution < -0.4 is 5.73 Å². The van der Waals surface area contributed by atoms with Crippen LogP contribution in [0.15, 0.2) is 12.4 Å². The summed E-state index contributed by atoms with van der Waals surface area (Å²) in [6.45, 7) is 2.71. The monoisotopic (exact) mass is 356 g/mol. The number of likely N-dealkylation sites (tertiary alicyclic amines) is 1. The molecule has 0 bridgehead atoms. The number of hydrogen-bond acceptors (Lipinski definition) is 5. The molecule has 7 nitrogen and oxygen atoms in total. The third kappa shape index (κ3) is 3.45. The zero-order chi connectivity index (χ0) is 17.9. The molecular weight excluding hydrogens is 328 g/mol. The Kier molecular flexibility index (Phi) is 5.15. The minimum Gasteiger partial charge on any atom is -0.342 e. The fourth-order valence-corrected chi connectivity index (χ4v) is 4.47. The highest BCUT2D eigenvalue weighted by molar-refractivity contribution is 5.77. The van der Waals surface area contributed by atoms with E-state index in [0.717, 1.165) is 48.7 Å². The Hall–Kier alpha value is -2.02. The Balaban J connectivity index is 1.43. The maximum Gasteiger partial charge on any atom is 0.222 e. The van der Waals surface area contributed by atoms with E-state index in [1.807, 2.05) is 9.58 Å². The number of nitrogens with two attached hydrogens (primary N) is 1. The first-order valence-corrected chi connectivity index (χ1v) is 9.91. The van der Waals surface area contributed by atoms with Crippen molar-refractivity contribution in [2.45, 2.75) is 57.4 Å². The van der Waals surface area contributed by atoms with Crippen molar-refractivity contribution in [1.29, 1.82) is 0 Å². The fourth-order valence-electron chi connectivity index (χ4n) is 4.47. The number of carbonyl (C=O) groups is 1. The molecule has 1 saturated heterocycles. The van der Waals surface area contributed by atoms with E-state index in [4.69, 9.17) is 10.8 Å². The standard InChI is InChI=1S/C19H28N6O/c20-8-12-25-19-18(21-9-10-22-19)17(23-25)15-7-11-24(13-15)16(26)6-5-14-3-1-2-4-14/h9-10,14-15H,1-8,11-13,20H2/t15-/m0/s1. The van der Waals surface area contributed by atoms with E-state index in [9.17, 15) is 4.79 Å². The number of carbonyl (C=O) groups excluding carboxylic acids is 1. The summed E-state index contributed by atoms with van der Waals surface area (Å²) in [6, 6.07) is 0. The van der Waals surface area contributed by atoms with Gasteiger partial charge in [-0.05, 0) is 18.8 Å². The van der Waals surface area contributed by atoms with Crippen LogP contribution >= 0.6 is 0 Å². The van der Waals surface area contributed by atoms with Crippen LogP contribution in [0.2, 0.25) is 0 Å². The zero-order valence-electron chi connectivity index (χ0n) is 15.3. The lowest BCUT2D eigenvalue weighted by Gasteiger charge is -2.17. The average molecular weight is 356 g/mol. The summed E-state index contributed by atoms with van der Waals surface area (Å²) in [5, 5.41) is 4.74. The summed E-state index contributed by atoms with van der Waals surface area (Å²) in [5.41, 5.74) is 8.31. The average Bonchev–Trinajstić information content (AvgIpc) is 3.40. The van der Waals surface area contributed by atoms with E-state index in [2.05, 4.69) is 9.97 Å². The van der Waals surface area contributed by atoms with E-state index in [-0.39, 0.29) is 5.92 Å². The zero-order valence-corrected chi connectivity index (χ0v) is 15.3. The highest BCUT2D eigenvalue weighted by Crippen LogP contribution is 2.32. The normalized spacial score (nSPS) is 21.1. The van der Waals surface area contributed by atoms with E-state index in [1.165, 1.54) is 25.7 Å². The number of fused-ring (bicyclic) bond motifs is 1. The molecule has 2 aromatic heterocycles. The number of hydrogen-bond donors (Lipinski definition) is 1. The van der Waals surface area contributed by atoms with Crippen molar-refractivity contribution < 1.29 is 4.79 Å². The van der Waals surface area contributed by atoms with Gasteiger partial charge in [-0.1, -0.05) is 25.7 Å². The third-order valence-electron chi connectivity index (χ3n) is 5.90. The van der Waals surface area contributed by atoms with Gasteiger partial charge in [0, 0.05) is 44.4 Å². The molecule has 140 valence electrons. The Morgan fingerprint density at radius 3 is 2.81 bits per heavy atom. The summed E-state index contributed by atoms with van der Waals surface area (Å²) < 4.78 is 1.85. The van der Waals surface area contributed by atoms with Crippen LogP contribution in [0, 0.1) is 5.92 Å². The van der Waals surface area contributed by atoms with Gasteiger partial charge in [0.05, 0.1) is 12.2 Å². The summed E-state index contributed by atoms with van der Waals surface area (Å²) >= 11 is 0. The molecule has 2 N–H and O–H groups in total. The molecule has 0 spiro atoms. The Labute approximate surface area is 154 Å². The van der Waals surface area contributed by atoms with Crippen molar-refractivity contribution >= 4 is 17.1 Å². The topological polar surface area (TPSA) is 89.9 Å².